The third kappa shape index (κ3) is 2.97. The summed E-state index contributed by atoms with van der Waals surface area (Å²) in [5.74, 6) is -1.72. The van der Waals surface area contributed by atoms with Gasteiger partial charge in [0.25, 0.3) is 10.0 Å². The quantitative estimate of drug-likeness (QED) is 0.927. The van der Waals surface area contributed by atoms with Crippen LogP contribution in [-0.2, 0) is 10.0 Å². The molecule has 2 aromatic rings. The zero-order valence-electron chi connectivity index (χ0n) is 12.8. The van der Waals surface area contributed by atoms with Gasteiger partial charge in [-0.05, 0) is 62.1 Å². The molecule has 22 heavy (non-hydrogen) atoms. The first-order valence-corrected chi connectivity index (χ1v) is 8.17. The van der Waals surface area contributed by atoms with E-state index in [1.807, 2.05) is 19.9 Å². The van der Waals surface area contributed by atoms with E-state index in [4.69, 9.17) is 0 Å². The minimum Gasteiger partial charge on any atom is -0.277 e. The van der Waals surface area contributed by atoms with Crippen molar-refractivity contribution < 1.29 is 17.2 Å². The monoisotopic (exact) mass is 325 g/mol. The predicted octanol–water partition coefficient (Wildman–Crippen LogP) is 4.00. The van der Waals surface area contributed by atoms with Crippen LogP contribution in [0.5, 0.6) is 0 Å². The van der Waals surface area contributed by atoms with Gasteiger partial charge in [0.2, 0.25) is 0 Å². The van der Waals surface area contributed by atoms with Gasteiger partial charge in [-0.3, -0.25) is 4.72 Å². The average molecular weight is 325 g/mol. The van der Waals surface area contributed by atoms with Crippen LogP contribution in [0.4, 0.5) is 14.5 Å². The van der Waals surface area contributed by atoms with E-state index >= 15 is 0 Å². The second-order valence-corrected chi connectivity index (χ2v) is 6.94. The molecule has 0 atom stereocenters. The number of benzene rings is 2. The van der Waals surface area contributed by atoms with E-state index in [-0.39, 0.29) is 10.6 Å². The maximum atomic E-state index is 13.7. The Kier molecular flexibility index (Phi) is 4.24. The van der Waals surface area contributed by atoms with Crippen LogP contribution in [0.1, 0.15) is 22.3 Å². The van der Waals surface area contributed by atoms with Crippen LogP contribution in [0.3, 0.4) is 0 Å². The van der Waals surface area contributed by atoms with E-state index in [9.17, 15) is 17.2 Å². The van der Waals surface area contributed by atoms with Crippen molar-refractivity contribution in [1.82, 2.24) is 0 Å². The normalized spacial score (nSPS) is 11.5. The first kappa shape index (κ1) is 16.4. The number of hydrogen-bond donors (Lipinski definition) is 1. The summed E-state index contributed by atoms with van der Waals surface area (Å²) in [7, 11) is -3.97. The fraction of sp³-hybridized carbons (Fsp3) is 0.250. The van der Waals surface area contributed by atoms with Gasteiger partial charge in [-0.15, -0.1) is 0 Å². The number of rotatable bonds is 3. The summed E-state index contributed by atoms with van der Waals surface area (Å²) in [5.41, 5.74) is 2.61. The topological polar surface area (TPSA) is 46.2 Å². The van der Waals surface area contributed by atoms with Crippen molar-refractivity contribution >= 4 is 15.7 Å². The molecule has 6 heteroatoms. The summed E-state index contributed by atoms with van der Waals surface area (Å²) in [4.78, 5) is 0.133. The molecular formula is C16H17F2NO2S. The molecule has 0 spiro atoms. The number of hydrogen-bond acceptors (Lipinski definition) is 2. The van der Waals surface area contributed by atoms with E-state index < -0.39 is 21.7 Å². The van der Waals surface area contributed by atoms with Gasteiger partial charge in [0.15, 0.2) is 0 Å². The maximum absolute atomic E-state index is 13.7. The molecule has 0 amide bonds. The highest BCUT2D eigenvalue weighted by Gasteiger charge is 2.23. The lowest BCUT2D eigenvalue weighted by Gasteiger charge is -2.17. The molecule has 1 N–H and O–H groups in total. The third-order valence-corrected chi connectivity index (χ3v) is 5.38. The predicted molar refractivity (Wildman–Crippen MR) is 82.6 cm³/mol. The Labute approximate surface area is 129 Å². The molecule has 0 aliphatic carbocycles. The number of anilines is 1. The van der Waals surface area contributed by atoms with Gasteiger partial charge in [-0.25, -0.2) is 17.2 Å². The van der Waals surface area contributed by atoms with Gasteiger partial charge in [0.1, 0.15) is 11.6 Å². The minimum atomic E-state index is -3.97. The number of nitrogens with one attached hydrogen (secondary N) is 1. The zero-order valence-corrected chi connectivity index (χ0v) is 13.6. The van der Waals surface area contributed by atoms with Gasteiger partial charge < -0.3 is 0 Å². The standard InChI is InChI=1S/C16H17F2NO2S/c1-9-7-10(2)12(4)16(11(9)3)22(20,21)19-15-6-5-13(17)8-14(15)18/h5-8,19H,1-4H3. The Morgan fingerprint density at radius 3 is 1.95 bits per heavy atom. The number of halogens is 2. The number of sulfonamides is 1. The van der Waals surface area contributed by atoms with Crippen molar-refractivity contribution in [3.63, 3.8) is 0 Å². The molecule has 2 rings (SSSR count). The SMILES string of the molecule is Cc1cc(C)c(C)c(S(=O)(=O)Nc2ccc(F)cc2F)c1C. The van der Waals surface area contributed by atoms with Gasteiger partial charge in [-0.2, -0.15) is 0 Å². The fourth-order valence-corrected chi connectivity index (χ4v) is 4.04. The van der Waals surface area contributed by atoms with E-state index in [1.54, 1.807) is 13.8 Å². The van der Waals surface area contributed by atoms with Crippen LogP contribution in [0.25, 0.3) is 0 Å². The highest BCUT2D eigenvalue weighted by atomic mass is 32.2. The smallest absolute Gasteiger partial charge is 0.262 e. The van der Waals surface area contributed by atoms with Crippen molar-refractivity contribution in [3.8, 4) is 0 Å². The van der Waals surface area contributed by atoms with Crippen LogP contribution in [0, 0.1) is 39.3 Å². The average Bonchev–Trinajstić information content (AvgIpc) is 2.40. The molecule has 0 saturated carbocycles. The van der Waals surface area contributed by atoms with Gasteiger partial charge in [0.05, 0.1) is 10.6 Å². The van der Waals surface area contributed by atoms with Gasteiger partial charge >= 0.3 is 0 Å². The molecule has 2 aromatic carbocycles. The molecule has 0 aromatic heterocycles. The Morgan fingerprint density at radius 2 is 1.45 bits per heavy atom. The van der Waals surface area contributed by atoms with Crippen molar-refractivity contribution in [2.75, 3.05) is 4.72 Å². The molecule has 118 valence electrons. The highest BCUT2D eigenvalue weighted by Crippen LogP contribution is 2.28. The van der Waals surface area contributed by atoms with Crippen LogP contribution >= 0.6 is 0 Å². The van der Waals surface area contributed by atoms with E-state index in [2.05, 4.69) is 4.72 Å². The second kappa shape index (κ2) is 5.68. The number of aryl methyl sites for hydroxylation is 2. The van der Waals surface area contributed by atoms with E-state index in [1.165, 1.54) is 0 Å². The summed E-state index contributed by atoms with van der Waals surface area (Å²) in [6.07, 6.45) is 0. The lowest BCUT2D eigenvalue weighted by atomic mass is 10.0. The minimum absolute atomic E-state index is 0.133. The fourth-order valence-electron chi connectivity index (χ4n) is 2.35. The molecule has 0 bridgehead atoms. The Morgan fingerprint density at radius 1 is 0.909 bits per heavy atom. The maximum Gasteiger partial charge on any atom is 0.262 e. The van der Waals surface area contributed by atoms with Crippen LogP contribution in [0.15, 0.2) is 29.2 Å². The van der Waals surface area contributed by atoms with E-state index in [0.29, 0.717) is 17.2 Å². The van der Waals surface area contributed by atoms with Crippen LogP contribution in [0.2, 0.25) is 0 Å². The molecule has 0 fully saturated rings. The lowest BCUT2D eigenvalue weighted by Crippen LogP contribution is -2.17. The first-order chi connectivity index (χ1) is 10.1. The van der Waals surface area contributed by atoms with Gasteiger partial charge in [-0.1, -0.05) is 6.07 Å². The van der Waals surface area contributed by atoms with Crippen LogP contribution < -0.4 is 4.72 Å². The molecular weight excluding hydrogens is 308 g/mol. The van der Waals surface area contributed by atoms with Gasteiger partial charge in [0, 0.05) is 6.07 Å². The van der Waals surface area contributed by atoms with Crippen LogP contribution in [-0.4, -0.2) is 8.42 Å². The summed E-state index contributed by atoms with van der Waals surface area (Å²) in [6.45, 7) is 7.05. The highest BCUT2D eigenvalue weighted by molar-refractivity contribution is 7.92. The molecule has 0 aliphatic rings. The van der Waals surface area contributed by atoms with Crippen molar-refractivity contribution in [2.45, 2.75) is 32.6 Å². The second-order valence-electron chi connectivity index (χ2n) is 5.32. The zero-order chi connectivity index (χ0) is 16.7. The molecule has 3 nitrogen and oxygen atoms in total. The summed E-state index contributed by atoms with van der Waals surface area (Å²) in [5, 5.41) is 0. The molecule has 0 radical (unpaired) electrons. The molecule has 0 saturated heterocycles. The molecule has 0 heterocycles. The Bertz CT molecular complexity index is 819. The molecule has 0 unspecified atom stereocenters. The lowest BCUT2D eigenvalue weighted by molar-refractivity contribution is 0.582. The largest absolute Gasteiger partial charge is 0.277 e. The Hall–Kier alpha value is -1.95. The summed E-state index contributed by atoms with van der Waals surface area (Å²) < 4.78 is 54.0. The van der Waals surface area contributed by atoms with Crippen molar-refractivity contribution in [1.29, 1.82) is 0 Å². The molecule has 0 aliphatic heterocycles. The summed E-state index contributed by atoms with van der Waals surface area (Å²) >= 11 is 0. The first-order valence-electron chi connectivity index (χ1n) is 6.68. The summed E-state index contributed by atoms with van der Waals surface area (Å²) in [6, 6.07) is 4.61. The Balaban J connectivity index is 2.57. The van der Waals surface area contributed by atoms with E-state index in [0.717, 1.165) is 23.3 Å². The van der Waals surface area contributed by atoms with Crippen molar-refractivity contribution in [2.24, 2.45) is 0 Å². The third-order valence-electron chi connectivity index (χ3n) is 3.74. The van der Waals surface area contributed by atoms with Crippen molar-refractivity contribution in [3.05, 3.63) is 58.2 Å².